The second-order valence-corrected chi connectivity index (χ2v) is 8.89. The Kier molecular flexibility index (Phi) is 4.89. The van der Waals surface area contributed by atoms with Gasteiger partial charge in [0.15, 0.2) is 17.3 Å². The van der Waals surface area contributed by atoms with Crippen LogP contribution in [0.5, 0.6) is 0 Å². The molecule has 4 rings (SSSR count). The SMILES string of the molecule is CC(C)(C)c1ccc(N(c2cn3cccc(Cl)c3n2)c2ncccc2Br)cc1. The number of nitrogens with zero attached hydrogens (tertiary/aromatic N) is 4. The van der Waals surface area contributed by atoms with E-state index in [-0.39, 0.29) is 5.41 Å². The molecule has 0 aliphatic carbocycles. The van der Waals surface area contributed by atoms with E-state index in [1.54, 1.807) is 6.20 Å². The number of fused-ring (bicyclic) bond motifs is 1. The Hall–Kier alpha value is -2.37. The van der Waals surface area contributed by atoms with Gasteiger partial charge in [0.25, 0.3) is 0 Å². The molecule has 142 valence electrons. The predicted octanol–water partition coefficient (Wildman–Crippen LogP) is 6.91. The molecule has 0 aliphatic rings. The first kappa shape index (κ1) is 19.0. The number of rotatable bonds is 3. The van der Waals surface area contributed by atoms with E-state index in [0.29, 0.717) is 10.7 Å². The van der Waals surface area contributed by atoms with Crippen molar-refractivity contribution in [3.63, 3.8) is 0 Å². The van der Waals surface area contributed by atoms with Crippen LogP contribution >= 0.6 is 27.5 Å². The van der Waals surface area contributed by atoms with Gasteiger partial charge in [0.2, 0.25) is 0 Å². The monoisotopic (exact) mass is 454 g/mol. The average Bonchev–Trinajstić information content (AvgIpc) is 3.08. The van der Waals surface area contributed by atoms with Crippen molar-refractivity contribution >= 4 is 50.5 Å². The average molecular weight is 456 g/mol. The molecular weight excluding hydrogens is 436 g/mol. The zero-order valence-electron chi connectivity index (χ0n) is 15.9. The molecule has 0 aliphatic heterocycles. The van der Waals surface area contributed by atoms with Crippen LogP contribution in [0.2, 0.25) is 5.02 Å². The van der Waals surface area contributed by atoms with Crippen molar-refractivity contribution in [1.29, 1.82) is 0 Å². The Labute approximate surface area is 177 Å². The van der Waals surface area contributed by atoms with Crippen LogP contribution in [0.4, 0.5) is 17.3 Å². The molecular formula is C22H20BrClN4. The number of imidazole rings is 1. The first-order valence-electron chi connectivity index (χ1n) is 8.99. The second-order valence-electron chi connectivity index (χ2n) is 7.63. The fourth-order valence-electron chi connectivity index (χ4n) is 3.09. The van der Waals surface area contributed by atoms with Crippen LogP contribution in [0, 0.1) is 0 Å². The minimum absolute atomic E-state index is 0.0888. The van der Waals surface area contributed by atoms with E-state index >= 15 is 0 Å². The Morgan fingerprint density at radius 2 is 1.79 bits per heavy atom. The predicted molar refractivity (Wildman–Crippen MR) is 119 cm³/mol. The van der Waals surface area contributed by atoms with Crippen LogP contribution in [-0.2, 0) is 5.41 Å². The summed E-state index contributed by atoms with van der Waals surface area (Å²) in [6, 6.07) is 16.1. The van der Waals surface area contributed by atoms with Gasteiger partial charge in [0, 0.05) is 18.1 Å². The summed E-state index contributed by atoms with van der Waals surface area (Å²) in [7, 11) is 0. The number of pyridine rings is 2. The first-order valence-corrected chi connectivity index (χ1v) is 10.2. The zero-order chi connectivity index (χ0) is 19.9. The van der Waals surface area contributed by atoms with Gasteiger partial charge in [0.05, 0.1) is 15.7 Å². The van der Waals surface area contributed by atoms with Crippen LogP contribution < -0.4 is 4.90 Å². The highest BCUT2D eigenvalue weighted by molar-refractivity contribution is 9.10. The van der Waals surface area contributed by atoms with Crippen LogP contribution in [0.3, 0.4) is 0 Å². The third-order valence-electron chi connectivity index (χ3n) is 4.59. The molecule has 0 N–H and O–H groups in total. The van der Waals surface area contributed by atoms with E-state index in [1.807, 2.05) is 46.0 Å². The van der Waals surface area contributed by atoms with E-state index in [0.717, 1.165) is 21.8 Å². The van der Waals surface area contributed by atoms with Crippen LogP contribution in [0.15, 0.2) is 71.6 Å². The molecule has 0 bridgehead atoms. The van der Waals surface area contributed by atoms with E-state index < -0.39 is 0 Å². The number of halogens is 2. The largest absolute Gasteiger partial charge is 0.304 e. The molecule has 0 unspecified atom stereocenters. The molecule has 0 fully saturated rings. The Morgan fingerprint density at radius 3 is 2.43 bits per heavy atom. The van der Waals surface area contributed by atoms with Crippen molar-refractivity contribution in [2.45, 2.75) is 26.2 Å². The van der Waals surface area contributed by atoms with Crippen molar-refractivity contribution in [2.75, 3.05) is 4.90 Å². The molecule has 4 aromatic rings. The van der Waals surface area contributed by atoms with Gasteiger partial charge in [-0.2, -0.15) is 0 Å². The Bertz CT molecular complexity index is 1130. The van der Waals surface area contributed by atoms with Crippen LogP contribution in [0.25, 0.3) is 5.65 Å². The summed E-state index contributed by atoms with van der Waals surface area (Å²) in [6.07, 6.45) is 5.67. The molecule has 0 radical (unpaired) electrons. The van der Waals surface area contributed by atoms with Crippen LogP contribution in [0.1, 0.15) is 26.3 Å². The third-order valence-corrected chi connectivity index (χ3v) is 5.51. The first-order chi connectivity index (χ1) is 13.3. The molecule has 0 amide bonds. The highest BCUT2D eigenvalue weighted by atomic mass is 79.9. The van der Waals surface area contributed by atoms with E-state index in [2.05, 4.69) is 66.0 Å². The van der Waals surface area contributed by atoms with E-state index in [1.165, 1.54) is 5.56 Å². The lowest BCUT2D eigenvalue weighted by Crippen LogP contribution is -2.14. The zero-order valence-corrected chi connectivity index (χ0v) is 18.2. The normalized spacial score (nSPS) is 11.8. The van der Waals surface area contributed by atoms with Gasteiger partial charge >= 0.3 is 0 Å². The van der Waals surface area contributed by atoms with Gasteiger partial charge < -0.3 is 4.40 Å². The van der Waals surface area contributed by atoms with Crippen molar-refractivity contribution < 1.29 is 0 Å². The quantitative estimate of drug-likeness (QED) is 0.336. The van der Waals surface area contributed by atoms with Gasteiger partial charge in [-0.3, -0.25) is 4.90 Å². The lowest BCUT2D eigenvalue weighted by Gasteiger charge is -2.24. The molecule has 0 saturated carbocycles. The van der Waals surface area contributed by atoms with Crippen molar-refractivity contribution in [3.8, 4) is 0 Å². The van der Waals surface area contributed by atoms with Crippen molar-refractivity contribution in [3.05, 3.63) is 82.2 Å². The number of benzene rings is 1. The smallest absolute Gasteiger partial charge is 0.158 e. The molecule has 4 nitrogen and oxygen atoms in total. The molecule has 0 saturated heterocycles. The second kappa shape index (κ2) is 7.22. The molecule has 0 spiro atoms. The van der Waals surface area contributed by atoms with Crippen molar-refractivity contribution in [2.24, 2.45) is 0 Å². The molecule has 6 heteroatoms. The summed E-state index contributed by atoms with van der Waals surface area (Å²) in [5.74, 6) is 1.52. The Morgan fingerprint density at radius 1 is 1.04 bits per heavy atom. The molecule has 3 heterocycles. The summed E-state index contributed by atoms with van der Waals surface area (Å²) >= 11 is 9.97. The molecule has 1 aromatic carbocycles. The highest BCUT2D eigenvalue weighted by Gasteiger charge is 2.21. The summed E-state index contributed by atoms with van der Waals surface area (Å²) in [4.78, 5) is 11.4. The van der Waals surface area contributed by atoms with Gasteiger partial charge in [-0.15, -0.1) is 0 Å². The number of anilines is 3. The topological polar surface area (TPSA) is 33.4 Å². The lowest BCUT2D eigenvalue weighted by atomic mass is 9.87. The fraction of sp³-hybridized carbons (Fsp3) is 0.182. The molecule has 3 aromatic heterocycles. The fourth-order valence-corrected chi connectivity index (χ4v) is 3.73. The van der Waals surface area contributed by atoms with E-state index in [4.69, 9.17) is 16.6 Å². The number of hydrogen-bond acceptors (Lipinski definition) is 3. The lowest BCUT2D eigenvalue weighted by molar-refractivity contribution is 0.590. The Balaban J connectivity index is 1.89. The highest BCUT2D eigenvalue weighted by Crippen LogP contribution is 2.38. The van der Waals surface area contributed by atoms with Crippen molar-refractivity contribution in [1.82, 2.24) is 14.4 Å². The van der Waals surface area contributed by atoms with Gasteiger partial charge in [-0.05, 0) is 63.3 Å². The maximum absolute atomic E-state index is 6.34. The molecule has 0 atom stereocenters. The third kappa shape index (κ3) is 3.52. The van der Waals surface area contributed by atoms with Gasteiger partial charge in [-0.25, -0.2) is 9.97 Å². The maximum Gasteiger partial charge on any atom is 0.158 e. The van der Waals surface area contributed by atoms with Gasteiger partial charge in [0.1, 0.15) is 0 Å². The summed E-state index contributed by atoms with van der Waals surface area (Å²) in [6.45, 7) is 6.62. The minimum atomic E-state index is 0.0888. The number of hydrogen-bond donors (Lipinski definition) is 0. The van der Waals surface area contributed by atoms with Gasteiger partial charge in [-0.1, -0.05) is 44.5 Å². The maximum atomic E-state index is 6.34. The van der Waals surface area contributed by atoms with Crippen LogP contribution in [-0.4, -0.2) is 14.4 Å². The van der Waals surface area contributed by atoms with E-state index in [9.17, 15) is 0 Å². The molecule has 28 heavy (non-hydrogen) atoms. The summed E-state index contributed by atoms with van der Waals surface area (Å²) < 4.78 is 2.81. The summed E-state index contributed by atoms with van der Waals surface area (Å²) in [5, 5.41) is 0.608. The standard InChI is InChI=1S/C22H20BrClN4/c1-22(2,3)15-8-10-16(11-9-15)28(20-17(23)6-4-12-25-20)19-14-27-13-5-7-18(24)21(27)26-19/h4-14H,1-3H3. The minimum Gasteiger partial charge on any atom is -0.304 e. The summed E-state index contributed by atoms with van der Waals surface area (Å²) in [5.41, 5.74) is 3.05. The number of aromatic nitrogens is 3.